The number of carbonyl (C=O) groups is 1. The highest BCUT2D eigenvalue weighted by molar-refractivity contribution is 5.94. The van der Waals surface area contributed by atoms with Gasteiger partial charge in [-0.1, -0.05) is 37.6 Å². The van der Waals surface area contributed by atoms with Crippen molar-refractivity contribution in [2.24, 2.45) is 0 Å². The first-order chi connectivity index (χ1) is 13.6. The third-order valence-electron chi connectivity index (χ3n) is 4.90. The van der Waals surface area contributed by atoms with Crippen molar-refractivity contribution in [3.63, 3.8) is 0 Å². The molecule has 0 saturated carbocycles. The summed E-state index contributed by atoms with van der Waals surface area (Å²) in [7, 11) is 0. The van der Waals surface area contributed by atoms with Crippen LogP contribution in [-0.4, -0.2) is 22.1 Å². The Morgan fingerprint density at radius 2 is 1.93 bits per heavy atom. The number of benzene rings is 2. The van der Waals surface area contributed by atoms with Crippen molar-refractivity contribution in [3.8, 4) is 0 Å². The highest BCUT2D eigenvalue weighted by Gasteiger charge is 2.35. The summed E-state index contributed by atoms with van der Waals surface area (Å²) in [6, 6.07) is 13.6. The Hall–Kier alpha value is -3.15. The van der Waals surface area contributed by atoms with E-state index in [1.54, 1.807) is 19.1 Å². The zero-order chi connectivity index (χ0) is 19.7. The summed E-state index contributed by atoms with van der Waals surface area (Å²) in [5.74, 6) is -0.00734. The van der Waals surface area contributed by atoms with Crippen LogP contribution in [0.15, 0.2) is 59.8 Å². The molecule has 144 valence electrons. The van der Waals surface area contributed by atoms with Gasteiger partial charge in [0, 0.05) is 5.70 Å². The maximum absolute atomic E-state index is 13.6. The number of carbonyl (C=O) groups excluding carboxylic acids is 1. The lowest BCUT2D eigenvalue weighted by atomic mass is 9.93. The van der Waals surface area contributed by atoms with Crippen LogP contribution in [0.4, 0.5) is 10.3 Å². The highest BCUT2D eigenvalue weighted by Crippen LogP contribution is 2.40. The summed E-state index contributed by atoms with van der Waals surface area (Å²) in [5.41, 5.74) is 3.89. The lowest BCUT2D eigenvalue weighted by Crippen LogP contribution is -2.29. The molecule has 6 heteroatoms. The molecule has 1 aromatic heterocycles. The first-order valence-electron chi connectivity index (χ1n) is 9.53. The normalized spacial score (nSPS) is 16.0. The second-order valence-corrected chi connectivity index (χ2v) is 6.74. The molecule has 28 heavy (non-hydrogen) atoms. The molecule has 4 rings (SSSR count). The molecule has 0 radical (unpaired) electrons. The molecule has 5 nitrogen and oxygen atoms in total. The Bertz CT molecular complexity index is 1050. The Morgan fingerprint density at radius 1 is 1.18 bits per heavy atom. The summed E-state index contributed by atoms with van der Waals surface area (Å²) >= 11 is 0. The fourth-order valence-corrected chi connectivity index (χ4v) is 3.74. The van der Waals surface area contributed by atoms with Gasteiger partial charge in [-0.05, 0) is 43.2 Å². The number of allylic oxidation sites excluding steroid dienone is 1. The Morgan fingerprint density at radius 3 is 2.64 bits per heavy atom. The number of hydrogen-bond donors (Lipinski definition) is 1. The number of nitrogens with one attached hydrogen (secondary N) is 1. The minimum atomic E-state index is -0.440. The predicted molar refractivity (Wildman–Crippen MR) is 106 cm³/mol. The molecule has 1 aliphatic heterocycles. The van der Waals surface area contributed by atoms with Crippen LogP contribution >= 0.6 is 0 Å². The molecule has 0 fully saturated rings. The summed E-state index contributed by atoms with van der Waals surface area (Å²) in [6.07, 6.45) is 1.55. The third kappa shape index (κ3) is 3.05. The molecule has 1 aliphatic rings. The summed E-state index contributed by atoms with van der Waals surface area (Å²) in [4.78, 5) is 17.7. The van der Waals surface area contributed by atoms with Gasteiger partial charge >= 0.3 is 5.97 Å². The van der Waals surface area contributed by atoms with E-state index in [1.807, 2.05) is 28.8 Å². The van der Waals surface area contributed by atoms with Crippen molar-refractivity contribution < 1.29 is 13.9 Å². The fraction of sp³-hybridized carbons (Fsp3) is 0.273. The van der Waals surface area contributed by atoms with Crippen LogP contribution in [0, 0.1) is 5.82 Å². The van der Waals surface area contributed by atoms with E-state index in [1.165, 1.54) is 12.1 Å². The Labute approximate surface area is 162 Å². The van der Waals surface area contributed by atoms with Gasteiger partial charge in [0.1, 0.15) is 5.82 Å². The monoisotopic (exact) mass is 379 g/mol. The maximum atomic E-state index is 13.6. The summed E-state index contributed by atoms with van der Waals surface area (Å²) in [5, 5.41) is 3.34. The van der Waals surface area contributed by atoms with E-state index in [-0.39, 0.29) is 18.4 Å². The molecule has 0 aliphatic carbocycles. The molecule has 3 aromatic rings. The summed E-state index contributed by atoms with van der Waals surface area (Å²) in [6.45, 7) is 4.14. The number of nitrogens with zero attached hydrogens (tertiary/aromatic N) is 2. The topological polar surface area (TPSA) is 56.2 Å². The van der Waals surface area contributed by atoms with Crippen LogP contribution in [0.2, 0.25) is 0 Å². The van der Waals surface area contributed by atoms with Gasteiger partial charge in [0.15, 0.2) is 0 Å². The quantitative estimate of drug-likeness (QED) is 0.647. The number of halogens is 1. The molecule has 1 atom stereocenters. The van der Waals surface area contributed by atoms with Crippen LogP contribution in [0.25, 0.3) is 11.0 Å². The minimum absolute atomic E-state index is 0.287. The van der Waals surface area contributed by atoms with Crippen molar-refractivity contribution in [1.29, 1.82) is 0 Å². The largest absolute Gasteiger partial charge is 0.463 e. The van der Waals surface area contributed by atoms with Gasteiger partial charge in [-0.25, -0.2) is 14.2 Å². The number of hydrogen-bond acceptors (Lipinski definition) is 4. The van der Waals surface area contributed by atoms with Gasteiger partial charge in [-0.2, -0.15) is 0 Å². The third-order valence-corrected chi connectivity index (χ3v) is 4.90. The van der Waals surface area contributed by atoms with E-state index >= 15 is 0 Å². The Kier molecular flexibility index (Phi) is 4.86. The number of anilines is 1. The average molecular weight is 379 g/mol. The van der Waals surface area contributed by atoms with E-state index in [2.05, 4.69) is 12.2 Å². The number of ether oxygens (including phenoxy) is 1. The number of fused-ring (bicyclic) bond motifs is 3. The SMILES string of the molecule is CCCC1=C(C(=O)OCC)[C@H](c2ccc(F)cc2)n2c(nc3ccccc32)N1. The molecule has 2 heterocycles. The average Bonchev–Trinajstić information content (AvgIpc) is 3.06. The summed E-state index contributed by atoms with van der Waals surface area (Å²) < 4.78 is 21.0. The van der Waals surface area contributed by atoms with E-state index in [0.717, 1.165) is 28.7 Å². The highest BCUT2D eigenvalue weighted by atomic mass is 19.1. The number of aromatic nitrogens is 2. The number of rotatable bonds is 5. The molecule has 0 bridgehead atoms. The first-order valence-corrected chi connectivity index (χ1v) is 9.53. The lowest BCUT2D eigenvalue weighted by Gasteiger charge is -2.31. The molecule has 1 N–H and O–H groups in total. The molecule has 2 aromatic carbocycles. The van der Waals surface area contributed by atoms with Gasteiger partial charge in [-0.15, -0.1) is 0 Å². The first kappa shape index (κ1) is 18.2. The van der Waals surface area contributed by atoms with E-state index < -0.39 is 6.04 Å². The predicted octanol–water partition coefficient (Wildman–Crippen LogP) is 4.81. The molecule has 0 spiro atoms. The van der Waals surface area contributed by atoms with Gasteiger partial charge in [0.05, 0.1) is 29.3 Å². The molecular weight excluding hydrogens is 357 g/mol. The van der Waals surface area contributed by atoms with Crippen LogP contribution in [0.5, 0.6) is 0 Å². The molecular formula is C22H22FN3O2. The van der Waals surface area contributed by atoms with Crippen molar-refractivity contribution in [1.82, 2.24) is 9.55 Å². The standard InChI is InChI=1S/C22H22FN3O2/c1-3-7-17-19(21(27)28-4-2)20(14-10-12-15(23)13-11-14)26-18-9-6-5-8-16(18)24-22(26)25-17/h5-6,8-13,20H,3-4,7H2,1-2H3,(H,24,25)/t20-/m0/s1. The zero-order valence-corrected chi connectivity index (χ0v) is 15.9. The zero-order valence-electron chi connectivity index (χ0n) is 15.9. The lowest BCUT2D eigenvalue weighted by molar-refractivity contribution is -0.139. The van der Waals surface area contributed by atoms with Gasteiger partial charge in [0.25, 0.3) is 0 Å². The van der Waals surface area contributed by atoms with Crippen LogP contribution in [-0.2, 0) is 9.53 Å². The van der Waals surface area contributed by atoms with Gasteiger partial charge < -0.3 is 10.1 Å². The second kappa shape index (κ2) is 7.46. The van der Waals surface area contributed by atoms with E-state index in [9.17, 15) is 9.18 Å². The van der Waals surface area contributed by atoms with Crippen LogP contribution < -0.4 is 5.32 Å². The van der Waals surface area contributed by atoms with Crippen molar-refractivity contribution in [2.75, 3.05) is 11.9 Å². The van der Waals surface area contributed by atoms with Crippen LogP contribution in [0.3, 0.4) is 0 Å². The smallest absolute Gasteiger partial charge is 0.338 e. The number of imidazole rings is 1. The second-order valence-electron chi connectivity index (χ2n) is 6.74. The van der Waals surface area contributed by atoms with Gasteiger partial charge in [0.2, 0.25) is 5.95 Å². The van der Waals surface area contributed by atoms with Crippen LogP contribution in [0.1, 0.15) is 38.3 Å². The molecule has 0 saturated heterocycles. The maximum Gasteiger partial charge on any atom is 0.338 e. The van der Waals surface area contributed by atoms with Crippen molar-refractivity contribution in [2.45, 2.75) is 32.7 Å². The fourth-order valence-electron chi connectivity index (χ4n) is 3.74. The number of esters is 1. The van der Waals surface area contributed by atoms with Crippen molar-refractivity contribution in [3.05, 3.63) is 71.2 Å². The van der Waals surface area contributed by atoms with Crippen molar-refractivity contribution >= 4 is 23.0 Å². The Balaban J connectivity index is 1.98. The molecule has 0 unspecified atom stereocenters. The van der Waals surface area contributed by atoms with E-state index in [4.69, 9.17) is 9.72 Å². The van der Waals surface area contributed by atoms with Gasteiger partial charge in [-0.3, -0.25) is 4.57 Å². The number of para-hydroxylation sites is 2. The molecule has 0 amide bonds. The van der Waals surface area contributed by atoms with E-state index in [0.29, 0.717) is 17.9 Å². The minimum Gasteiger partial charge on any atom is -0.463 e.